The summed E-state index contributed by atoms with van der Waals surface area (Å²) in [6.07, 6.45) is 1.95. The zero-order valence-electron chi connectivity index (χ0n) is 10.4. The van der Waals surface area contributed by atoms with Crippen LogP contribution < -0.4 is 5.32 Å². The normalized spacial score (nSPS) is 21.8. The van der Waals surface area contributed by atoms with Gasteiger partial charge in [0.25, 0.3) is 0 Å². The predicted octanol–water partition coefficient (Wildman–Crippen LogP) is 0.495. The fourth-order valence-corrected chi connectivity index (χ4v) is 3.04. The molecule has 0 aromatic carbocycles. The van der Waals surface area contributed by atoms with Gasteiger partial charge in [0, 0.05) is 18.3 Å². The molecule has 1 N–H and O–H groups in total. The van der Waals surface area contributed by atoms with Crippen LogP contribution >= 0.6 is 0 Å². The average Bonchev–Trinajstić information content (AvgIpc) is 2.78. The van der Waals surface area contributed by atoms with Crippen LogP contribution in [0.4, 0.5) is 0 Å². The second kappa shape index (κ2) is 6.57. The van der Waals surface area contributed by atoms with E-state index in [1.807, 2.05) is 0 Å². The van der Waals surface area contributed by atoms with Crippen molar-refractivity contribution in [3.63, 3.8) is 0 Å². The van der Waals surface area contributed by atoms with Crippen molar-refractivity contribution < 1.29 is 8.42 Å². The Bertz CT molecular complexity index is 284. The van der Waals surface area contributed by atoms with Crippen molar-refractivity contribution >= 4 is 9.84 Å². The minimum atomic E-state index is -2.79. The van der Waals surface area contributed by atoms with Crippen LogP contribution in [-0.2, 0) is 9.84 Å². The zero-order chi connectivity index (χ0) is 12.0. The number of hydrogen-bond acceptors (Lipinski definition) is 4. The summed E-state index contributed by atoms with van der Waals surface area (Å²) in [7, 11) is -2.79. The van der Waals surface area contributed by atoms with Crippen molar-refractivity contribution in [2.75, 3.05) is 37.7 Å². The van der Waals surface area contributed by atoms with Crippen molar-refractivity contribution in [2.24, 2.45) is 0 Å². The Labute approximate surface area is 99.3 Å². The first-order valence-corrected chi connectivity index (χ1v) is 8.06. The Balaban J connectivity index is 2.29. The predicted molar refractivity (Wildman–Crippen MR) is 67.5 cm³/mol. The van der Waals surface area contributed by atoms with Gasteiger partial charge in [-0.15, -0.1) is 0 Å². The SMILES string of the molecule is CCN(CCCS(=O)(=O)CC)C1CCNC1. The molecule has 0 amide bonds. The summed E-state index contributed by atoms with van der Waals surface area (Å²) in [6, 6.07) is 0.606. The standard InChI is InChI=1S/C11H24N2O2S/c1-3-13(11-6-7-12-10-11)8-5-9-16(14,15)4-2/h11-12H,3-10H2,1-2H3. The highest BCUT2D eigenvalue weighted by molar-refractivity contribution is 7.91. The van der Waals surface area contributed by atoms with E-state index >= 15 is 0 Å². The molecule has 1 heterocycles. The van der Waals surface area contributed by atoms with Gasteiger partial charge in [-0.1, -0.05) is 13.8 Å². The number of likely N-dealkylation sites (N-methyl/N-ethyl adjacent to an activating group) is 1. The molecule has 16 heavy (non-hydrogen) atoms. The third-order valence-corrected chi connectivity index (χ3v) is 5.09. The number of nitrogens with one attached hydrogen (secondary N) is 1. The molecule has 1 aliphatic heterocycles. The van der Waals surface area contributed by atoms with Crippen LogP contribution in [0.15, 0.2) is 0 Å². The monoisotopic (exact) mass is 248 g/mol. The van der Waals surface area contributed by atoms with Crippen LogP contribution in [0.5, 0.6) is 0 Å². The maximum absolute atomic E-state index is 11.4. The Morgan fingerprint density at radius 3 is 2.62 bits per heavy atom. The highest BCUT2D eigenvalue weighted by Gasteiger charge is 2.20. The van der Waals surface area contributed by atoms with E-state index in [9.17, 15) is 8.42 Å². The molecule has 96 valence electrons. The Hall–Kier alpha value is -0.130. The van der Waals surface area contributed by atoms with Gasteiger partial charge in [-0.05, 0) is 32.5 Å². The largest absolute Gasteiger partial charge is 0.315 e. The number of hydrogen-bond donors (Lipinski definition) is 1. The van der Waals surface area contributed by atoms with Gasteiger partial charge < -0.3 is 5.32 Å². The van der Waals surface area contributed by atoms with Crippen LogP contribution in [0.1, 0.15) is 26.7 Å². The highest BCUT2D eigenvalue weighted by Crippen LogP contribution is 2.09. The fraction of sp³-hybridized carbons (Fsp3) is 1.00. The molecule has 1 saturated heterocycles. The first-order valence-electron chi connectivity index (χ1n) is 6.24. The Morgan fingerprint density at radius 1 is 1.38 bits per heavy atom. The Kier molecular flexibility index (Phi) is 5.72. The summed E-state index contributed by atoms with van der Waals surface area (Å²) in [4.78, 5) is 2.39. The van der Waals surface area contributed by atoms with E-state index in [1.165, 1.54) is 6.42 Å². The lowest BCUT2D eigenvalue weighted by Crippen LogP contribution is -2.38. The van der Waals surface area contributed by atoms with Gasteiger partial charge >= 0.3 is 0 Å². The molecule has 1 atom stereocenters. The summed E-state index contributed by atoms with van der Waals surface area (Å²) < 4.78 is 22.7. The van der Waals surface area contributed by atoms with E-state index in [-0.39, 0.29) is 5.75 Å². The molecule has 0 saturated carbocycles. The molecule has 0 spiro atoms. The van der Waals surface area contributed by atoms with E-state index < -0.39 is 9.84 Å². The second-order valence-electron chi connectivity index (χ2n) is 4.37. The van der Waals surface area contributed by atoms with Crippen molar-refractivity contribution in [3.05, 3.63) is 0 Å². The topological polar surface area (TPSA) is 49.4 Å². The van der Waals surface area contributed by atoms with Crippen molar-refractivity contribution in [1.82, 2.24) is 10.2 Å². The van der Waals surface area contributed by atoms with E-state index in [2.05, 4.69) is 17.1 Å². The van der Waals surface area contributed by atoms with Gasteiger partial charge in [0.1, 0.15) is 9.84 Å². The third-order valence-electron chi connectivity index (χ3n) is 3.30. The number of sulfone groups is 1. The molecule has 0 aromatic rings. The lowest BCUT2D eigenvalue weighted by molar-refractivity contribution is 0.220. The molecule has 0 bridgehead atoms. The van der Waals surface area contributed by atoms with E-state index in [0.717, 1.165) is 32.6 Å². The van der Waals surface area contributed by atoms with Crippen molar-refractivity contribution in [1.29, 1.82) is 0 Å². The molecule has 1 aliphatic rings. The molecule has 0 aromatic heterocycles. The number of nitrogens with zero attached hydrogens (tertiary/aromatic N) is 1. The summed E-state index contributed by atoms with van der Waals surface area (Å²) in [5.74, 6) is 0.601. The van der Waals surface area contributed by atoms with E-state index in [4.69, 9.17) is 0 Å². The van der Waals surface area contributed by atoms with Gasteiger partial charge in [-0.3, -0.25) is 4.90 Å². The Morgan fingerprint density at radius 2 is 2.12 bits per heavy atom. The maximum Gasteiger partial charge on any atom is 0.150 e. The van der Waals surface area contributed by atoms with Crippen molar-refractivity contribution in [3.8, 4) is 0 Å². The molecule has 0 aliphatic carbocycles. The lowest BCUT2D eigenvalue weighted by Gasteiger charge is -2.26. The third kappa shape index (κ3) is 4.39. The van der Waals surface area contributed by atoms with Crippen LogP contribution in [0, 0.1) is 0 Å². The summed E-state index contributed by atoms with van der Waals surface area (Å²) >= 11 is 0. The van der Waals surface area contributed by atoms with E-state index in [1.54, 1.807) is 6.92 Å². The summed E-state index contributed by atoms with van der Waals surface area (Å²) in [6.45, 7) is 7.92. The molecule has 4 nitrogen and oxygen atoms in total. The van der Waals surface area contributed by atoms with Crippen molar-refractivity contribution in [2.45, 2.75) is 32.7 Å². The van der Waals surface area contributed by atoms with Crippen LogP contribution in [0.2, 0.25) is 0 Å². The molecule has 0 radical (unpaired) electrons. The van der Waals surface area contributed by atoms with Crippen LogP contribution in [0.3, 0.4) is 0 Å². The van der Waals surface area contributed by atoms with Crippen LogP contribution in [0.25, 0.3) is 0 Å². The fourth-order valence-electron chi connectivity index (χ4n) is 2.18. The molecule has 1 fully saturated rings. The molecular weight excluding hydrogens is 224 g/mol. The quantitative estimate of drug-likeness (QED) is 0.712. The summed E-state index contributed by atoms with van der Waals surface area (Å²) in [5.41, 5.74) is 0. The first-order chi connectivity index (χ1) is 7.59. The number of rotatable bonds is 7. The average molecular weight is 248 g/mol. The molecule has 1 rings (SSSR count). The van der Waals surface area contributed by atoms with Gasteiger partial charge in [0.15, 0.2) is 0 Å². The van der Waals surface area contributed by atoms with Gasteiger partial charge in [-0.25, -0.2) is 8.42 Å². The second-order valence-corrected chi connectivity index (χ2v) is 6.84. The summed E-state index contributed by atoms with van der Waals surface area (Å²) in [5, 5.41) is 3.35. The maximum atomic E-state index is 11.4. The highest BCUT2D eigenvalue weighted by atomic mass is 32.2. The lowest BCUT2D eigenvalue weighted by atomic mass is 10.2. The van der Waals surface area contributed by atoms with Crippen LogP contribution in [-0.4, -0.2) is 57.0 Å². The van der Waals surface area contributed by atoms with Gasteiger partial charge in [-0.2, -0.15) is 0 Å². The van der Waals surface area contributed by atoms with E-state index in [0.29, 0.717) is 11.8 Å². The smallest absolute Gasteiger partial charge is 0.150 e. The molecular formula is C11H24N2O2S. The first kappa shape index (κ1) is 13.9. The zero-order valence-corrected chi connectivity index (χ0v) is 11.2. The molecule has 1 unspecified atom stereocenters. The van der Waals surface area contributed by atoms with Gasteiger partial charge in [0.2, 0.25) is 0 Å². The van der Waals surface area contributed by atoms with Gasteiger partial charge in [0.05, 0.1) is 5.75 Å². The minimum Gasteiger partial charge on any atom is -0.315 e. The molecule has 5 heteroatoms. The minimum absolute atomic E-state index is 0.268.